The highest BCUT2D eigenvalue weighted by Gasteiger charge is 2.38. The summed E-state index contributed by atoms with van der Waals surface area (Å²) in [5, 5.41) is 10.4. The topological polar surface area (TPSA) is 87.5 Å². The molecule has 2 N–H and O–H groups in total. The van der Waals surface area contributed by atoms with Crippen molar-refractivity contribution in [3.05, 3.63) is 29.6 Å². The van der Waals surface area contributed by atoms with Crippen LogP contribution in [0, 0.1) is 6.92 Å². The normalized spacial score (nSPS) is 17.7. The number of benzene rings is 1. The first-order chi connectivity index (χ1) is 14.2. The Labute approximate surface area is 171 Å². The van der Waals surface area contributed by atoms with Gasteiger partial charge in [0.1, 0.15) is 5.82 Å². The van der Waals surface area contributed by atoms with Gasteiger partial charge in [-0.25, -0.2) is 9.78 Å². The molecule has 4 rings (SSSR count). The number of rotatable bonds is 2. The summed E-state index contributed by atoms with van der Waals surface area (Å²) in [5.41, 5.74) is 2.92. The van der Waals surface area contributed by atoms with Crippen molar-refractivity contribution in [3.63, 3.8) is 0 Å². The molecule has 1 aromatic heterocycles. The number of nitrogens with one attached hydrogen (secondary N) is 1. The molecule has 1 saturated carbocycles. The molecule has 30 heavy (non-hydrogen) atoms. The van der Waals surface area contributed by atoms with Crippen molar-refractivity contribution in [1.82, 2.24) is 19.8 Å². The van der Waals surface area contributed by atoms with Crippen LogP contribution in [0.15, 0.2) is 18.2 Å². The zero-order valence-corrected chi connectivity index (χ0v) is 16.7. The molecule has 164 valence electrons. The molecular weight excluding hydrogens is 401 g/mol. The number of amides is 1. The first kappa shape index (κ1) is 22.1. The van der Waals surface area contributed by atoms with Crippen molar-refractivity contribution in [2.75, 3.05) is 26.2 Å². The Bertz CT molecular complexity index is 914. The highest BCUT2D eigenvalue weighted by atomic mass is 19.4. The Balaban J connectivity index is 0.000000318. The molecule has 2 aliphatic rings. The molecule has 7 nitrogen and oxygen atoms in total. The number of fused-ring (bicyclic) bond motifs is 1. The smallest absolute Gasteiger partial charge is 0.475 e. The lowest BCUT2D eigenvalue weighted by Gasteiger charge is -2.27. The van der Waals surface area contributed by atoms with E-state index in [1.165, 1.54) is 25.7 Å². The summed E-state index contributed by atoms with van der Waals surface area (Å²) in [7, 11) is 0. The van der Waals surface area contributed by atoms with E-state index in [9.17, 15) is 18.0 Å². The maximum Gasteiger partial charge on any atom is 0.490 e. The number of hydrogen-bond donors (Lipinski definition) is 2. The molecule has 1 aromatic carbocycles. The van der Waals surface area contributed by atoms with Crippen LogP contribution in [-0.2, 0) is 4.79 Å². The number of alkyl halides is 3. The van der Waals surface area contributed by atoms with Gasteiger partial charge in [-0.3, -0.25) is 4.79 Å². The molecule has 1 aliphatic carbocycles. The number of aromatic nitrogens is 2. The highest BCUT2D eigenvalue weighted by molar-refractivity contribution is 5.97. The van der Waals surface area contributed by atoms with E-state index in [2.05, 4.69) is 22.9 Å². The molecule has 0 bridgehead atoms. The van der Waals surface area contributed by atoms with Gasteiger partial charge in [-0.05, 0) is 38.0 Å². The number of carbonyl (C=O) groups excluding carboxylic acids is 1. The number of nitrogens with zero attached hydrogens (tertiary/aromatic N) is 3. The molecule has 0 atom stereocenters. The second kappa shape index (κ2) is 9.03. The largest absolute Gasteiger partial charge is 0.490 e. The summed E-state index contributed by atoms with van der Waals surface area (Å²) < 4.78 is 34.1. The minimum Gasteiger partial charge on any atom is -0.475 e. The summed E-state index contributed by atoms with van der Waals surface area (Å²) in [6.45, 7) is 5.42. The van der Waals surface area contributed by atoms with Gasteiger partial charge in [-0.1, -0.05) is 12.8 Å². The van der Waals surface area contributed by atoms with Gasteiger partial charge in [0, 0.05) is 37.8 Å². The van der Waals surface area contributed by atoms with Gasteiger partial charge in [0.25, 0.3) is 5.91 Å². The zero-order chi connectivity index (χ0) is 21.9. The van der Waals surface area contributed by atoms with Gasteiger partial charge in [-0.15, -0.1) is 0 Å². The standard InChI is InChI=1S/C18H24N4O.C2HF3O2/c1-13-20-16-7-6-14(18(23)21-10-8-19-9-11-21)12-17(16)22(13)15-4-2-3-5-15;3-2(4,5)1(6)7/h6-7,12,15,19H,2-5,8-11H2,1H3;(H,6,7). The molecule has 2 aromatic rings. The van der Waals surface area contributed by atoms with Gasteiger partial charge in [0.05, 0.1) is 11.0 Å². The molecular formula is C20H25F3N4O3. The maximum atomic E-state index is 12.8. The number of halogens is 3. The number of carboxylic acid groups (broad SMARTS) is 1. The van der Waals surface area contributed by atoms with Crippen LogP contribution in [0.4, 0.5) is 13.2 Å². The van der Waals surface area contributed by atoms with Gasteiger partial charge < -0.3 is 19.9 Å². The first-order valence-corrected chi connectivity index (χ1v) is 9.97. The average molecular weight is 426 g/mol. The van der Waals surface area contributed by atoms with E-state index in [1.54, 1.807) is 0 Å². The third kappa shape index (κ3) is 4.92. The molecule has 1 amide bonds. The second-order valence-corrected chi connectivity index (χ2v) is 7.52. The Morgan fingerprint density at radius 1 is 1.17 bits per heavy atom. The lowest BCUT2D eigenvalue weighted by molar-refractivity contribution is -0.192. The highest BCUT2D eigenvalue weighted by Crippen LogP contribution is 2.33. The van der Waals surface area contributed by atoms with E-state index in [4.69, 9.17) is 14.9 Å². The number of piperazine rings is 1. The van der Waals surface area contributed by atoms with Gasteiger partial charge in [0.15, 0.2) is 0 Å². The second-order valence-electron chi connectivity index (χ2n) is 7.52. The third-order valence-electron chi connectivity index (χ3n) is 5.45. The van der Waals surface area contributed by atoms with Crippen LogP contribution in [0.1, 0.15) is 47.9 Å². The molecule has 0 radical (unpaired) electrons. The van der Waals surface area contributed by atoms with E-state index in [0.29, 0.717) is 6.04 Å². The van der Waals surface area contributed by atoms with Crippen LogP contribution in [-0.4, -0.2) is 63.8 Å². The van der Waals surface area contributed by atoms with Gasteiger partial charge in [-0.2, -0.15) is 13.2 Å². The predicted octanol–water partition coefficient (Wildman–Crippen LogP) is 3.14. The fourth-order valence-corrected chi connectivity index (χ4v) is 4.02. The van der Waals surface area contributed by atoms with E-state index < -0.39 is 12.1 Å². The van der Waals surface area contributed by atoms with E-state index in [-0.39, 0.29) is 5.91 Å². The first-order valence-electron chi connectivity index (χ1n) is 9.97. The minimum atomic E-state index is -5.08. The number of aryl methyl sites for hydroxylation is 1. The summed E-state index contributed by atoms with van der Waals surface area (Å²) >= 11 is 0. The summed E-state index contributed by atoms with van der Waals surface area (Å²) in [6.07, 6.45) is -0.0447. The number of carbonyl (C=O) groups is 2. The van der Waals surface area contributed by atoms with Crippen molar-refractivity contribution in [2.24, 2.45) is 0 Å². The monoisotopic (exact) mass is 426 g/mol. The van der Waals surface area contributed by atoms with Crippen LogP contribution in [0.25, 0.3) is 11.0 Å². The summed E-state index contributed by atoms with van der Waals surface area (Å²) in [6, 6.07) is 6.53. The molecule has 10 heteroatoms. The summed E-state index contributed by atoms with van der Waals surface area (Å²) in [5.74, 6) is -1.55. The van der Waals surface area contributed by atoms with Crippen molar-refractivity contribution in [2.45, 2.75) is 44.8 Å². The fraction of sp³-hybridized carbons (Fsp3) is 0.550. The quantitative estimate of drug-likeness (QED) is 0.771. The van der Waals surface area contributed by atoms with Crippen molar-refractivity contribution < 1.29 is 27.9 Å². The van der Waals surface area contributed by atoms with Crippen molar-refractivity contribution in [3.8, 4) is 0 Å². The zero-order valence-electron chi connectivity index (χ0n) is 16.7. The number of aliphatic carboxylic acids is 1. The maximum absolute atomic E-state index is 12.8. The fourth-order valence-electron chi connectivity index (χ4n) is 4.02. The van der Waals surface area contributed by atoms with E-state index >= 15 is 0 Å². The van der Waals surface area contributed by atoms with E-state index in [1.807, 2.05) is 17.0 Å². The Hall–Kier alpha value is -2.62. The average Bonchev–Trinajstić information content (AvgIpc) is 3.34. The van der Waals surface area contributed by atoms with Crippen LogP contribution < -0.4 is 5.32 Å². The van der Waals surface area contributed by atoms with Gasteiger partial charge in [0.2, 0.25) is 0 Å². The predicted molar refractivity (Wildman–Crippen MR) is 104 cm³/mol. The molecule has 2 fully saturated rings. The van der Waals surface area contributed by atoms with E-state index in [0.717, 1.165) is 48.6 Å². The lowest BCUT2D eigenvalue weighted by Crippen LogP contribution is -2.46. The van der Waals surface area contributed by atoms with Crippen molar-refractivity contribution in [1.29, 1.82) is 0 Å². The number of imidazole rings is 1. The number of hydrogen-bond acceptors (Lipinski definition) is 4. The van der Waals surface area contributed by atoms with Gasteiger partial charge >= 0.3 is 12.1 Å². The molecule has 0 unspecified atom stereocenters. The van der Waals surface area contributed by atoms with Crippen LogP contribution in [0.5, 0.6) is 0 Å². The van der Waals surface area contributed by atoms with Crippen LogP contribution in [0.3, 0.4) is 0 Å². The van der Waals surface area contributed by atoms with Crippen molar-refractivity contribution >= 4 is 22.9 Å². The Kier molecular flexibility index (Phi) is 6.64. The molecule has 2 heterocycles. The SMILES string of the molecule is Cc1nc2ccc(C(=O)N3CCNCC3)cc2n1C1CCCC1.O=C(O)C(F)(F)F. The Morgan fingerprint density at radius 3 is 2.33 bits per heavy atom. The molecule has 1 aliphatic heterocycles. The molecule has 0 spiro atoms. The number of carboxylic acids is 1. The minimum absolute atomic E-state index is 0.144. The Morgan fingerprint density at radius 2 is 1.77 bits per heavy atom. The lowest BCUT2D eigenvalue weighted by atomic mass is 10.1. The third-order valence-corrected chi connectivity index (χ3v) is 5.45. The molecule has 1 saturated heterocycles. The van der Waals surface area contributed by atoms with Crippen LogP contribution in [0.2, 0.25) is 0 Å². The van der Waals surface area contributed by atoms with Crippen LogP contribution >= 0.6 is 0 Å². The summed E-state index contributed by atoms with van der Waals surface area (Å²) in [4.78, 5) is 28.3.